The first-order chi connectivity index (χ1) is 16.6. The number of para-hydroxylation sites is 2. The molecule has 34 heavy (non-hydrogen) atoms. The lowest BCUT2D eigenvalue weighted by Gasteiger charge is -2.03. The van der Waals surface area contributed by atoms with E-state index in [2.05, 4.69) is 9.97 Å². The van der Waals surface area contributed by atoms with Gasteiger partial charge >= 0.3 is 11.9 Å². The van der Waals surface area contributed by atoms with Gasteiger partial charge in [-0.15, -0.1) is 0 Å². The van der Waals surface area contributed by atoms with Crippen LogP contribution >= 0.6 is 0 Å². The molecule has 168 valence electrons. The molecule has 0 aliphatic heterocycles. The van der Waals surface area contributed by atoms with Gasteiger partial charge in [0.2, 0.25) is 5.78 Å². The van der Waals surface area contributed by atoms with Crippen LogP contribution in [0.15, 0.2) is 84.9 Å². The van der Waals surface area contributed by atoms with Crippen LogP contribution in [-0.4, -0.2) is 40.9 Å². The Morgan fingerprint density at radius 1 is 0.618 bits per heavy atom. The van der Waals surface area contributed by atoms with Crippen LogP contribution in [0.4, 0.5) is 0 Å². The van der Waals surface area contributed by atoms with Crippen LogP contribution in [0.1, 0.15) is 11.4 Å². The Morgan fingerprint density at radius 2 is 1.06 bits per heavy atom. The first kappa shape index (κ1) is 22.5. The average molecular weight is 452 g/mol. The molecule has 0 aliphatic carbocycles. The lowest BCUT2D eigenvalue weighted by Crippen LogP contribution is -2.19. The van der Waals surface area contributed by atoms with Crippen LogP contribution in [0.3, 0.4) is 0 Å². The molecule has 4 aromatic rings. The molecule has 0 fully saturated rings. The highest BCUT2D eigenvalue weighted by Crippen LogP contribution is 2.13. The predicted octanol–water partition coefficient (Wildman–Crippen LogP) is 4.17. The van der Waals surface area contributed by atoms with Gasteiger partial charge in [0.25, 0.3) is 0 Å². The number of ether oxygens (including phenoxy) is 2. The Morgan fingerprint density at radius 3 is 1.53 bits per heavy atom. The third kappa shape index (κ3) is 6.20. The Kier molecular flexibility index (Phi) is 7.15. The summed E-state index contributed by atoms with van der Waals surface area (Å²) in [4.78, 5) is 44.4. The monoisotopic (exact) mass is 452 g/mol. The molecule has 0 saturated heterocycles. The molecule has 0 atom stereocenters. The minimum Gasteiger partial charge on any atom is -0.454 e. The topological polar surface area (TPSA) is 95.5 Å². The van der Waals surface area contributed by atoms with Gasteiger partial charge in [0.05, 0.1) is 22.4 Å². The smallest absolute Gasteiger partial charge is 0.331 e. The zero-order chi connectivity index (χ0) is 23.8. The van der Waals surface area contributed by atoms with Gasteiger partial charge in [-0.1, -0.05) is 48.5 Å². The van der Waals surface area contributed by atoms with Gasteiger partial charge in [0.1, 0.15) is 0 Å². The summed E-state index contributed by atoms with van der Waals surface area (Å²) in [6, 6.07) is 22.6. The molecule has 0 bridgehead atoms. The second-order valence-corrected chi connectivity index (χ2v) is 7.28. The minimum absolute atomic E-state index is 0.502. The fourth-order valence-corrected chi connectivity index (χ4v) is 3.10. The van der Waals surface area contributed by atoms with Crippen LogP contribution in [-0.2, 0) is 23.9 Å². The normalized spacial score (nSPS) is 11.3. The second-order valence-electron chi connectivity index (χ2n) is 7.28. The summed E-state index contributed by atoms with van der Waals surface area (Å²) in [7, 11) is 0. The molecule has 0 aliphatic rings. The van der Waals surface area contributed by atoms with E-state index in [4.69, 9.17) is 9.47 Å². The molecule has 2 aromatic carbocycles. The number of carbonyl (C=O) groups is 3. The third-order valence-corrected chi connectivity index (χ3v) is 4.77. The molecule has 0 radical (unpaired) electrons. The quantitative estimate of drug-likeness (QED) is 0.293. The van der Waals surface area contributed by atoms with Crippen molar-refractivity contribution in [2.45, 2.75) is 0 Å². The van der Waals surface area contributed by atoms with E-state index in [-0.39, 0.29) is 0 Å². The van der Waals surface area contributed by atoms with Crippen LogP contribution in [0, 0.1) is 0 Å². The van der Waals surface area contributed by atoms with Crippen LogP contribution in [0.25, 0.3) is 34.0 Å². The summed E-state index contributed by atoms with van der Waals surface area (Å²) in [6.07, 6.45) is 5.39. The van der Waals surface area contributed by atoms with Crippen LogP contribution < -0.4 is 0 Å². The van der Waals surface area contributed by atoms with E-state index in [0.29, 0.717) is 11.4 Å². The Labute approximate surface area is 195 Å². The Bertz CT molecular complexity index is 1320. The van der Waals surface area contributed by atoms with Crippen molar-refractivity contribution in [1.29, 1.82) is 0 Å². The molecule has 2 aromatic heterocycles. The highest BCUT2D eigenvalue weighted by molar-refractivity contribution is 5.92. The molecule has 0 spiro atoms. The third-order valence-electron chi connectivity index (χ3n) is 4.77. The Hall–Kier alpha value is -4.65. The minimum atomic E-state index is -0.697. The number of Topliss-reactive ketones (excluding diaryl/α,β-unsaturated/α-hetero) is 1. The first-order valence-corrected chi connectivity index (χ1v) is 10.5. The number of esters is 2. The van der Waals surface area contributed by atoms with Crippen molar-refractivity contribution in [2.75, 3.05) is 13.2 Å². The van der Waals surface area contributed by atoms with Gasteiger partial charge in [0.15, 0.2) is 13.2 Å². The van der Waals surface area contributed by atoms with Crippen molar-refractivity contribution in [1.82, 2.24) is 9.97 Å². The maximum absolute atomic E-state index is 11.9. The summed E-state index contributed by atoms with van der Waals surface area (Å²) in [5.74, 6) is -1.94. The van der Waals surface area contributed by atoms with Gasteiger partial charge in [-0.05, 0) is 36.4 Å². The summed E-state index contributed by atoms with van der Waals surface area (Å²) < 4.78 is 9.79. The van der Waals surface area contributed by atoms with Crippen molar-refractivity contribution in [3.05, 3.63) is 96.3 Å². The van der Waals surface area contributed by atoms with Crippen LogP contribution in [0.2, 0.25) is 0 Å². The Balaban J connectivity index is 1.20. The number of aromatic nitrogens is 2. The number of pyridine rings is 2. The summed E-state index contributed by atoms with van der Waals surface area (Å²) >= 11 is 0. The number of fused-ring (bicyclic) bond motifs is 2. The molecule has 2 heterocycles. The van der Waals surface area contributed by atoms with Gasteiger partial charge in [-0.2, -0.15) is 0 Å². The van der Waals surface area contributed by atoms with Gasteiger partial charge in [-0.25, -0.2) is 19.6 Å². The van der Waals surface area contributed by atoms with E-state index in [1.807, 2.05) is 60.7 Å². The lowest BCUT2D eigenvalue weighted by molar-refractivity contribution is -0.148. The molecular weight excluding hydrogens is 432 g/mol. The van der Waals surface area contributed by atoms with Gasteiger partial charge in [-0.3, -0.25) is 4.79 Å². The van der Waals surface area contributed by atoms with Crippen molar-refractivity contribution >= 4 is 51.7 Å². The van der Waals surface area contributed by atoms with Crippen molar-refractivity contribution in [3.63, 3.8) is 0 Å². The first-order valence-electron chi connectivity index (χ1n) is 10.5. The maximum atomic E-state index is 11.9. The highest BCUT2D eigenvalue weighted by Gasteiger charge is 2.08. The molecule has 0 N–H and O–H groups in total. The van der Waals surface area contributed by atoms with E-state index in [0.717, 1.165) is 21.8 Å². The van der Waals surface area contributed by atoms with E-state index in [1.165, 1.54) is 24.3 Å². The van der Waals surface area contributed by atoms with Crippen molar-refractivity contribution in [2.24, 2.45) is 0 Å². The second kappa shape index (κ2) is 10.8. The highest BCUT2D eigenvalue weighted by atomic mass is 16.6. The number of hydrogen-bond acceptors (Lipinski definition) is 7. The summed E-state index contributed by atoms with van der Waals surface area (Å²) in [5.41, 5.74) is 2.79. The van der Waals surface area contributed by atoms with Crippen molar-refractivity contribution in [3.8, 4) is 0 Å². The number of hydrogen-bond donors (Lipinski definition) is 0. The number of nitrogens with zero attached hydrogens (tertiary/aromatic N) is 2. The summed E-state index contributed by atoms with van der Waals surface area (Å²) in [5, 5.41) is 1.98. The van der Waals surface area contributed by atoms with E-state index < -0.39 is 30.9 Å². The fourth-order valence-electron chi connectivity index (χ4n) is 3.10. The number of benzene rings is 2. The van der Waals surface area contributed by atoms with E-state index in [9.17, 15) is 14.4 Å². The van der Waals surface area contributed by atoms with Crippen LogP contribution in [0.5, 0.6) is 0 Å². The van der Waals surface area contributed by atoms with E-state index >= 15 is 0 Å². The van der Waals surface area contributed by atoms with Gasteiger partial charge < -0.3 is 9.47 Å². The molecule has 7 heteroatoms. The fraction of sp³-hybridized carbons (Fsp3) is 0.0741. The molecule has 0 amide bonds. The predicted molar refractivity (Wildman–Crippen MR) is 128 cm³/mol. The molecular formula is C27H20N2O5. The standard InChI is InChI=1S/C27H20N2O5/c30-23(17-33-26(31)15-13-21-11-9-19-5-1-3-7-24(19)28-21)18-34-27(32)16-14-22-12-10-20-6-2-4-8-25(20)29-22/h1-16H,17-18H2/b15-13+,16-14+. The SMILES string of the molecule is O=C(COC(=O)/C=C/c1ccc2ccccc2n1)COC(=O)/C=C/c1ccc2ccccc2n1. The van der Waals surface area contributed by atoms with E-state index in [1.54, 1.807) is 12.1 Å². The zero-order valence-electron chi connectivity index (χ0n) is 18.1. The number of rotatable bonds is 8. The largest absolute Gasteiger partial charge is 0.454 e. The van der Waals surface area contributed by atoms with Gasteiger partial charge in [0, 0.05) is 22.9 Å². The lowest BCUT2D eigenvalue weighted by atomic mass is 10.2. The number of ketones is 1. The average Bonchev–Trinajstić information content (AvgIpc) is 2.88. The molecule has 4 rings (SSSR count). The summed E-state index contributed by atoms with van der Waals surface area (Å²) in [6.45, 7) is -1.00. The number of carbonyl (C=O) groups excluding carboxylic acids is 3. The maximum Gasteiger partial charge on any atom is 0.331 e. The zero-order valence-corrected chi connectivity index (χ0v) is 18.1. The molecule has 7 nitrogen and oxygen atoms in total. The molecule has 0 unspecified atom stereocenters. The molecule has 0 saturated carbocycles. The van der Waals surface area contributed by atoms with Crippen molar-refractivity contribution < 1.29 is 23.9 Å².